The van der Waals surface area contributed by atoms with Crippen molar-refractivity contribution in [2.24, 2.45) is 12.8 Å². The van der Waals surface area contributed by atoms with Crippen molar-refractivity contribution in [1.82, 2.24) is 19.9 Å². The first-order chi connectivity index (χ1) is 9.24. The first-order valence-corrected chi connectivity index (χ1v) is 6.60. The molecule has 0 saturated carbocycles. The van der Waals surface area contributed by atoms with E-state index in [4.69, 9.17) is 5.73 Å². The van der Waals surface area contributed by atoms with E-state index in [9.17, 15) is 0 Å². The van der Waals surface area contributed by atoms with E-state index in [-0.39, 0.29) is 18.4 Å². The van der Waals surface area contributed by atoms with Gasteiger partial charge in [-0.2, -0.15) is 0 Å². The van der Waals surface area contributed by atoms with Gasteiger partial charge in [0, 0.05) is 38.6 Å². The fourth-order valence-corrected chi connectivity index (χ4v) is 2.78. The van der Waals surface area contributed by atoms with Crippen LogP contribution >= 0.6 is 12.4 Å². The Morgan fingerprint density at radius 3 is 2.65 bits per heavy atom. The van der Waals surface area contributed by atoms with Crippen LogP contribution in [-0.2, 0) is 13.6 Å². The molecule has 0 unspecified atom stereocenters. The van der Waals surface area contributed by atoms with Gasteiger partial charge in [-0.3, -0.25) is 9.58 Å². The van der Waals surface area contributed by atoms with Gasteiger partial charge in [-0.25, -0.2) is 0 Å². The molecule has 0 bridgehead atoms. The number of rotatable bonds is 3. The summed E-state index contributed by atoms with van der Waals surface area (Å²) in [6.07, 6.45) is 1.82. The maximum absolute atomic E-state index is 6.29. The van der Waals surface area contributed by atoms with Crippen LogP contribution < -0.4 is 5.73 Å². The average Bonchev–Trinajstić information content (AvgIpc) is 2.98. The minimum atomic E-state index is 0. The number of hydrogen-bond acceptors (Lipinski definition) is 4. The lowest BCUT2D eigenvalue weighted by atomic mass is 9.95. The minimum absolute atomic E-state index is 0. The maximum Gasteiger partial charge on any atom is 0.0738 e. The van der Waals surface area contributed by atoms with Gasteiger partial charge in [0.25, 0.3) is 0 Å². The summed E-state index contributed by atoms with van der Waals surface area (Å²) in [5.41, 5.74) is 8.75. The Morgan fingerprint density at radius 2 is 2.00 bits per heavy atom. The number of benzene rings is 1. The third-order valence-corrected chi connectivity index (χ3v) is 3.86. The highest BCUT2D eigenvalue weighted by Crippen LogP contribution is 2.27. The molecule has 1 fully saturated rings. The molecule has 3 rings (SSSR count). The molecule has 2 atom stereocenters. The summed E-state index contributed by atoms with van der Waals surface area (Å²) < 4.78 is 1.82. The van der Waals surface area contributed by atoms with Crippen molar-refractivity contribution in [2.45, 2.75) is 18.5 Å². The standard InChI is InChI=1S/C14H19N5.ClH/c1-18-12(7-16-17-18)8-19-9-13(14(15)10-19)11-5-3-2-4-6-11;/h2-7,13-14H,8-10,15H2,1H3;1H/t13-,14+;/m0./s1. The van der Waals surface area contributed by atoms with Crippen LogP contribution in [0.4, 0.5) is 0 Å². The van der Waals surface area contributed by atoms with Crippen LogP contribution in [0.3, 0.4) is 0 Å². The summed E-state index contributed by atoms with van der Waals surface area (Å²) in [5.74, 6) is 0.419. The van der Waals surface area contributed by atoms with Crippen molar-refractivity contribution in [3.63, 3.8) is 0 Å². The van der Waals surface area contributed by atoms with Crippen LogP contribution in [0.15, 0.2) is 36.5 Å². The molecule has 2 heterocycles. The predicted molar refractivity (Wildman–Crippen MR) is 80.7 cm³/mol. The normalized spacial score (nSPS) is 22.7. The number of aromatic nitrogens is 3. The number of likely N-dealkylation sites (tertiary alicyclic amines) is 1. The quantitative estimate of drug-likeness (QED) is 0.923. The van der Waals surface area contributed by atoms with Crippen LogP contribution in [0.1, 0.15) is 17.2 Å². The summed E-state index contributed by atoms with van der Waals surface area (Å²) in [4.78, 5) is 2.38. The summed E-state index contributed by atoms with van der Waals surface area (Å²) in [5, 5.41) is 7.88. The van der Waals surface area contributed by atoms with E-state index in [1.807, 2.05) is 24.0 Å². The van der Waals surface area contributed by atoms with Gasteiger partial charge in [0.2, 0.25) is 0 Å². The molecule has 0 radical (unpaired) electrons. The number of nitrogens with two attached hydrogens (primary N) is 1. The molecule has 2 N–H and O–H groups in total. The van der Waals surface area contributed by atoms with Gasteiger partial charge in [-0.1, -0.05) is 35.5 Å². The first kappa shape index (κ1) is 15.0. The molecule has 5 nitrogen and oxygen atoms in total. The fraction of sp³-hybridized carbons (Fsp3) is 0.429. The highest BCUT2D eigenvalue weighted by atomic mass is 35.5. The van der Waals surface area contributed by atoms with Gasteiger partial charge in [-0.15, -0.1) is 17.5 Å². The Morgan fingerprint density at radius 1 is 1.25 bits per heavy atom. The highest BCUT2D eigenvalue weighted by Gasteiger charge is 2.31. The number of halogens is 1. The SMILES string of the molecule is Cl.Cn1nncc1CN1C[C@@H](N)[C@H](c2ccccc2)C1. The van der Waals surface area contributed by atoms with E-state index in [0.29, 0.717) is 5.92 Å². The lowest BCUT2D eigenvalue weighted by Gasteiger charge is -2.15. The van der Waals surface area contributed by atoms with E-state index >= 15 is 0 Å². The summed E-state index contributed by atoms with van der Waals surface area (Å²) in [6.45, 7) is 2.78. The Balaban J connectivity index is 0.00000147. The zero-order valence-electron chi connectivity index (χ0n) is 11.5. The second-order valence-corrected chi connectivity index (χ2v) is 5.22. The third-order valence-electron chi connectivity index (χ3n) is 3.86. The molecular formula is C14H20ClN5. The Labute approximate surface area is 125 Å². The van der Waals surface area contributed by atoms with E-state index in [0.717, 1.165) is 25.3 Å². The minimum Gasteiger partial charge on any atom is -0.326 e. The van der Waals surface area contributed by atoms with Gasteiger partial charge < -0.3 is 5.73 Å². The van der Waals surface area contributed by atoms with Gasteiger partial charge in [0.15, 0.2) is 0 Å². The van der Waals surface area contributed by atoms with Crippen molar-refractivity contribution in [3.05, 3.63) is 47.8 Å². The van der Waals surface area contributed by atoms with Gasteiger partial charge in [-0.05, 0) is 5.56 Å². The zero-order valence-corrected chi connectivity index (χ0v) is 12.3. The molecule has 108 valence electrons. The first-order valence-electron chi connectivity index (χ1n) is 6.60. The molecule has 1 aromatic carbocycles. The van der Waals surface area contributed by atoms with Gasteiger partial charge in [0.05, 0.1) is 11.9 Å². The molecule has 1 aliphatic heterocycles. The monoisotopic (exact) mass is 293 g/mol. The van der Waals surface area contributed by atoms with Gasteiger partial charge in [0.1, 0.15) is 0 Å². The Bertz CT molecular complexity index is 542. The number of nitrogens with zero attached hydrogens (tertiary/aromatic N) is 4. The van der Waals surface area contributed by atoms with Crippen LogP contribution in [0.2, 0.25) is 0 Å². The number of aryl methyl sites for hydroxylation is 1. The fourth-order valence-electron chi connectivity index (χ4n) is 2.78. The van der Waals surface area contributed by atoms with Crippen LogP contribution in [0.25, 0.3) is 0 Å². The molecule has 0 amide bonds. The summed E-state index contributed by atoms with van der Waals surface area (Å²) in [7, 11) is 1.92. The molecule has 6 heteroatoms. The summed E-state index contributed by atoms with van der Waals surface area (Å²) in [6, 6.07) is 10.7. The second-order valence-electron chi connectivity index (χ2n) is 5.22. The van der Waals surface area contributed by atoms with Crippen molar-refractivity contribution >= 4 is 12.4 Å². The van der Waals surface area contributed by atoms with Crippen molar-refractivity contribution in [1.29, 1.82) is 0 Å². The molecule has 1 saturated heterocycles. The molecular weight excluding hydrogens is 274 g/mol. The predicted octanol–water partition coefficient (Wildman–Crippen LogP) is 1.16. The third kappa shape index (κ3) is 3.00. The van der Waals surface area contributed by atoms with Crippen LogP contribution in [0, 0.1) is 0 Å². The molecule has 1 aliphatic rings. The lowest BCUT2D eigenvalue weighted by molar-refractivity contribution is 0.314. The van der Waals surface area contributed by atoms with Crippen molar-refractivity contribution in [2.75, 3.05) is 13.1 Å². The molecule has 20 heavy (non-hydrogen) atoms. The number of hydrogen-bond donors (Lipinski definition) is 1. The molecule has 0 aliphatic carbocycles. The smallest absolute Gasteiger partial charge is 0.0738 e. The Kier molecular flexibility index (Phi) is 4.75. The zero-order chi connectivity index (χ0) is 13.2. The van der Waals surface area contributed by atoms with E-state index in [1.165, 1.54) is 5.56 Å². The summed E-state index contributed by atoms with van der Waals surface area (Å²) >= 11 is 0. The largest absolute Gasteiger partial charge is 0.326 e. The Hall–Kier alpha value is -1.43. The van der Waals surface area contributed by atoms with Gasteiger partial charge >= 0.3 is 0 Å². The van der Waals surface area contributed by atoms with Crippen molar-refractivity contribution < 1.29 is 0 Å². The van der Waals surface area contributed by atoms with E-state index < -0.39 is 0 Å². The van der Waals surface area contributed by atoms with E-state index in [1.54, 1.807) is 0 Å². The topological polar surface area (TPSA) is 60.0 Å². The van der Waals surface area contributed by atoms with Crippen LogP contribution in [-0.4, -0.2) is 39.0 Å². The average molecular weight is 294 g/mol. The maximum atomic E-state index is 6.29. The molecule has 0 spiro atoms. The van der Waals surface area contributed by atoms with E-state index in [2.05, 4.69) is 39.5 Å². The highest BCUT2D eigenvalue weighted by molar-refractivity contribution is 5.85. The second kappa shape index (κ2) is 6.35. The lowest BCUT2D eigenvalue weighted by Crippen LogP contribution is -2.28. The molecule has 1 aromatic heterocycles. The molecule has 2 aromatic rings. The van der Waals surface area contributed by atoms with Crippen LogP contribution in [0.5, 0.6) is 0 Å². The van der Waals surface area contributed by atoms with Crippen molar-refractivity contribution in [3.8, 4) is 0 Å².